The maximum absolute atomic E-state index is 12.4. The highest BCUT2D eigenvalue weighted by Crippen LogP contribution is 2.31. The minimum atomic E-state index is -1.15. The quantitative estimate of drug-likeness (QED) is 0.930. The lowest BCUT2D eigenvalue weighted by molar-refractivity contribution is -0.0320. The average Bonchev–Trinajstić information content (AvgIpc) is 3.18. The van der Waals surface area contributed by atoms with Gasteiger partial charge in [-0.1, -0.05) is 5.21 Å². The molecule has 0 spiro atoms. The van der Waals surface area contributed by atoms with Crippen LogP contribution in [0.15, 0.2) is 29.2 Å². The standard InChI is InChI=1S/C15H20N4O3/c1-11(2)19-8-13(16-17-19)15(21)5-3-6-18(10-15)14(20)12-4-7-22-9-12/h4,7-9,11,21H,3,5-6,10H2,1-2H3. The van der Waals surface area contributed by atoms with E-state index in [0.29, 0.717) is 30.6 Å². The molecule has 1 N–H and O–H groups in total. The number of amides is 1. The molecule has 1 amide bonds. The van der Waals surface area contributed by atoms with Gasteiger partial charge in [-0.15, -0.1) is 5.10 Å². The van der Waals surface area contributed by atoms with Crippen molar-refractivity contribution in [1.82, 2.24) is 19.9 Å². The Morgan fingerprint density at radius 2 is 2.32 bits per heavy atom. The molecule has 1 atom stereocenters. The number of hydrogen-bond donors (Lipinski definition) is 1. The monoisotopic (exact) mass is 304 g/mol. The van der Waals surface area contributed by atoms with E-state index in [4.69, 9.17) is 4.42 Å². The normalized spacial score (nSPS) is 22.3. The van der Waals surface area contributed by atoms with Crippen LogP contribution in [-0.4, -0.2) is 44.0 Å². The highest BCUT2D eigenvalue weighted by molar-refractivity contribution is 5.93. The molecule has 0 bridgehead atoms. The number of likely N-dealkylation sites (tertiary alicyclic amines) is 1. The molecule has 3 heterocycles. The van der Waals surface area contributed by atoms with Gasteiger partial charge in [-0.2, -0.15) is 0 Å². The summed E-state index contributed by atoms with van der Waals surface area (Å²) in [5, 5.41) is 19.1. The number of carbonyl (C=O) groups is 1. The van der Waals surface area contributed by atoms with Crippen molar-refractivity contribution < 1.29 is 14.3 Å². The van der Waals surface area contributed by atoms with Crippen molar-refractivity contribution in [3.63, 3.8) is 0 Å². The molecule has 0 aliphatic carbocycles. The van der Waals surface area contributed by atoms with Gasteiger partial charge in [-0.3, -0.25) is 4.79 Å². The van der Waals surface area contributed by atoms with Gasteiger partial charge in [0.2, 0.25) is 0 Å². The number of aliphatic hydroxyl groups is 1. The number of carbonyl (C=O) groups excluding carboxylic acids is 1. The van der Waals surface area contributed by atoms with Gasteiger partial charge in [0.1, 0.15) is 17.6 Å². The molecular formula is C15H20N4O3. The average molecular weight is 304 g/mol. The molecule has 0 aromatic carbocycles. The Balaban J connectivity index is 1.80. The molecule has 118 valence electrons. The summed E-state index contributed by atoms with van der Waals surface area (Å²) < 4.78 is 6.67. The van der Waals surface area contributed by atoms with Crippen molar-refractivity contribution in [2.75, 3.05) is 13.1 Å². The predicted molar refractivity (Wildman–Crippen MR) is 78.1 cm³/mol. The van der Waals surface area contributed by atoms with Gasteiger partial charge in [-0.25, -0.2) is 4.68 Å². The van der Waals surface area contributed by atoms with Gasteiger partial charge >= 0.3 is 0 Å². The Labute approximate surface area is 128 Å². The van der Waals surface area contributed by atoms with Crippen LogP contribution in [-0.2, 0) is 5.60 Å². The predicted octanol–water partition coefficient (Wildman–Crippen LogP) is 1.58. The van der Waals surface area contributed by atoms with Crippen LogP contribution in [0, 0.1) is 0 Å². The van der Waals surface area contributed by atoms with E-state index >= 15 is 0 Å². The second-order valence-corrected chi connectivity index (χ2v) is 6.05. The summed E-state index contributed by atoms with van der Waals surface area (Å²) >= 11 is 0. The van der Waals surface area contributed by atoms with Gasteiger partial charge in [0.05, 0.1) is 24.6 Å². The number of furan rings is 1. The van der Waals surface area contributed by atoms with Crippen molar-refractivity contribution in [2.24, 2.45) is 0 Å². The van der Waals surface area contributed by atoms with Crippen LogP contribution in [0.3, 0.4) is 0 Å². The highest BCUT2D eigenvalue weighted by Gasteiger charge is 2.39. The van der Waals surface area contributed by atoms with Crippen molar-refractivity contribution in [3.05, 3.63) is 36.0 Å². The van der Waals surface area contributed by atoms with Crippen LogP contribution in [0.4, 0.5) is 0 Å². The first kappa shape index (κ1) is 14.8. The summed E-state index contributed by atoms with van der Waals surface area (Å²) in [5.74, 6) is -0.136. The third-order valence-corrected chi connectivity index (χ3v) is 4.04. The van der Waals surface area contributed by atoms with Gasteiger partial charge in [0.25, 0.3) is 5.91 Å². The van der Waals surface area contributed by atoms with Crippen molar-refractivity contribution in [1.29, 1.82) is 0 Å². The Morgan fingerprint density at radius 3 is 2.95 bits per heavy atom. The van der Waals surface area contributed by atoms with Crippen LogP contribution < -0.4 is 0 Å². The largest absolute Gasteiger partial charge is 0.472 e. The maximum atomic E-state index is 12.4. The van der Waals surface area contributed by atoms with E-state index in [2.05, 4.69) is 10.3 Å². The minimum absolute atomic E-state index is 0.136. The summed E-state index contributed by atoms with van der Waals surface area (Å²) in [6.45, 7) is 4.83. The minimum Gasteiger partial charge on any atom is -0.472 e. The third kappa shape index (κ3) is 2.64. The first-order chi connectivity index (χ1) is 10.5. The topological polar surface area (TPSA) is 84.4 Å². The molecule has 2 aromatic heterocycles. The van der Waals surface area contributed by atoms with E-state index in [1.165, 1.54) is 12.5 Å². The smallest absolute Gasteiger partial charge is 0.257 e. The van der Waals surface area contributed by atoms with Crippen molar-refractivity contribution >= 4 is 5.91 Å². The van der Waals surface area contributed by atoms with Crippen LogP contribution in [0.2, 0.25) is 0 Å². The van der Waals surface area contributed by atoms with Gasteiger partial charge < -0.3 is 14.4 Å². The molecule has 2 aromatic rings. The number of nitrogens with zero attached hydrogens (tertiary/aromatic N) is 4. The Hall–Kier alpha value is -2.15. The second kappa shape index (κ2) is 5.57. The summed E-state index contributed by atoms with van der Waals surface area (Å²) in [6.07, 6.45) is 5.94. The number of aromatic nitrogens is 3. The number of piperidine rings is 1. The molecule has 3 rings (SSSR count). The first-order valence-corrected chi connectivity index (χ1v) is 7.46. The van der Waals surface area contributed by atoms with Crippen molar-refractivity contribution in [3.8, 4) is 0 Å². The number of rotatable bonds is 3. The Morgan fingerprint density at radius 1 is 1.50 bits per heavy atom. The van der Waals surface area contributed by atoms with E-state index in [0.717, 1.165) is 0 Å². The molecule has 1 aliphatic heterocycles. The van der Waals surface area contributed by atoms with E-state index < -0.39 is 5.60 Å². The lowest BCUT2D eigenvalue weighted by Gasteiger charge is -2.37. The molecule has 1 fully saturated rings. The van der Waals surface area contributed by atoms with Crippen LogP contribution in [0.5, 0.6) is 0 Å². The molecular weight excluding hydrogens is 284 g/mol. The summed E-state index contributed by atoms with van der Waals surface area (Å²) in [5.41, 5.74) is -0.133. The lowest BCUT2D eigenvalue weighted by atomic mass is 9.89. The highest BCUT2D eigenvalue weighted by atomic mass is 16.3. The molecule has 1 saturated heterocycles. The van der Waals surface area contributed by atoms with Crippen LogP contribution in [0.25, 0.3) is 0 Å². The summed E-state index contributed by atoms with van der Waals surface area (Å²) in [7, 11) is 0. The van der Waals surface area contributed by atoms with E-state index in [9.17, 15) is 9.90 Å². The number of hydrogen-bond acceptors (Lipinski definition) is 5. The zero-order chi connectivity index (χ0) is 15.7. The fourth-order valence-corrected chi connectivity index (χ4v) is 2.73. The molecule has 1 aliphatic rings. The molecule has 1 unspecified atom stereocenters. The SMILES string of the molecule is CC(C)n1cc(C2(O)CCCN(C(=O)c3ccoc3)C2)nn1. The van der Waals surface area contributed by atoms with E-state index in [1.54, 1.807) is 21.8 Å². The third-order valence-electron chi connectivity index (χ3n) is 4.04. The van der Waals surface area contributed by atoms with E-state index in [-0.39, 0.29) is 18.5 Å². The second-order valence-electron chi connectivity index (χ2n) is 6.05. The molecule has 22 heavy (non-hydrogen) atoms. The molecule has 0 radical (unpaired) electrons. The zero-order valence-corrected chi connectivity index (χ0v) is 12.8. The maximum Gasteiger partial charge on any atom is 0.257 e. The zero-order valence-electron chi connectivity index (χ0n) is 12.8. The van der Waals surface area contributed by atoms with Crippen LogP contribution in [0.1, 0.15) is 48.8 Å². The van der Waals surface area contributed by atoms with Crippen molar-refractivity contribution in [2.45, 2.75) is 38.3 Å². The Kier molecular flexibility index (Phi) is 3.74. The molecule has 0 saturated carbocycles. The summed E-state index contributed by atoms with van der Waals surface area (Å²) in [6, 6.07) is 1.81. The fraction of sp³-hybridized carbons (Fsp3) is 0.533. The molecule has 7 heteroatoms. The van der Waals surface area contributed by atoms with E-state index in [1.807, 2.05) is 13.8 Å². The van der Waals surface area contributed by atoms with Crippen LogP contribution >= 0.6 is 0 Å². The molecule has 7 nitrogen and oxygen atoms in total. The summed E-state index contributed by atoms with van der Waals surface area (Å²) in [4.78, 5) is 14.0. The Bertz CT molecular complexity index is 650. The first-order valence-electron chi connectivity index (χ1n) is 7.46. The van der Waals surface area contributed by atoms with Gasteiger partial charge in [0.15, 0.2) is 0 Å². The number of β-amino-alcohol motifs (C(OH)–C–C–N with tert-alkyl or cyclic N) is 1. The van der Waals surface area contributed by atoms with Gasteiger partial charge in [0, 0.05) is 12.6 Å². The van der Waals surface area contributed by atoms with Gasteiger partial charge in [-0.05, 0) is 32.8 Å². The lowest BCUT2D eigenvalue weighted by Crippen LogP contribution is -2.48. The fourth-order valence-electron chi connectivity index (χ4n) is 2.73.